The topological polar surface area (TPSA) is 82.5 Å². The highest BCUT2D eigenvalue weighted by Gasteiger charge is 2.42. The van der Waals surface area contributed by atoms with Crippen molar-refractivity contribution in [2.24, 2.45) is 5.41 Å². The van der Waals surface area contributed by atoms with Crippen molar-refractivity contribution in [3.63, 3.8) is 0 Å². The molecule has 1 aliphatic heterocycles. The highest BCUT2D eigenvalue weighted by atomic mass is 32.1. The van der Waals surface area contributed by atoms with E-state index in [-0.39, 0.29) is 18.0 Å². The van der Waals surface area contributed by atoms with Gasteiger partial charge in [-0.3, -0.25) is 4.79 Å². The summed E-state index contributed by atoms with van der Waals surface area (Å²) >= 11 is 1.53. The van der Waals surface area contributed by atoms with E-state index in [1.807, 2.05) is 5.38 Å². The summed E-state index contributed by atoms with van der Waals surface area (Å²) in [7, 11) is 0. The fraction of sp³-hybridized carbons (Fsp3) is 0.667. The zero-order valence-electron chi connectivity index (χ0n) is 13.5. The van der Waals surface area contributed by atoms with Crippen LogP contribution in [-0.4, -0.2) is 40.1 Å². The average Bonchev–Trinajstić information content (AvgIpc) is 3.03. The zero-order valence-corrected chi connectivity index (χ0v) is 14.3. The van der Waals surface area contributed by atoms with Gasteiger partial charge in [-0.05, 0) is 13.3 Å². The number of carboxylic acids is 1. The van der Waals surface area contributed by atoms with Crippen molar-refractivity contribution in [3.8, 4) is 0 Å². The van der Waals surface area contributed by atoms with Crippen molar-refractivity contribution < 1.29 is 14.7 Å². The highest BCUT2D eigenvalue weighted by Crippen LogP contribution is 2.30. The summed E-state index contributed by atoms with van der Waals surface area (Å²) in [6.07, 6.45) is 0.487. The van der Waals surface area contributed by atoms with Gasteiger partial charge in [0.2, 0.25) is 0 Å². The number of rotatable bonds is 3. The first-order valence-corrected chi connectivity index (χ1v) is 8.21. The Bertz CT molecular complexity index is 579. The Hall–Kier alpha value is -1.63. The van der Waals surface area contributed by atoms with Crippen molar-refractivity contribution >= 4 is 23.3 Å². The van der Waals surface area contributed by atoms with Crippen LogP contribution in [0.4, 0.5) is 4.79 Å². The third-order valence-electron chi connectivity index (χ3n) is 3.99. The van der Waals surface area contributed by atoms with Crippen LogP contribution in [0, 0.1) is 5.41 Å². The largest absolute Gasteiger partial charge is 0.481 e. The minimum atomic E-state index is -0.849. The fourth-order valence-electron chi connectivity index (χ4n) is 2.31. The number of nitrogens with one attached hydrogen (secondary N) is 1. The summed E-state index contributed by atoms with van der Waals surface area (Å²) < 4.78 is 0. The first-order valence-electron chi connectivity index (χ1n) is 7.33. The van der Waals surface area contributed by atoms with Crippen molar-refractivity contribution in [1.29, 1.82) is 0 Å². The van der Waals surface area contributed by atoms with Gasteiger partial charge in [-0.1, -0.05) is 20.8 Å². The monoisotopic (exact) mass is 325 g/mol. The normalized spacial score (nSPS) is 21.9. The number of carbonyl (C=O) groups is 2. The van der Waals surface area contributed by atoms with Crippen LogP contribution >= 0.6 is 11.3 Å². The quantitative estimate of drug-likeness (QED) is 0.894. The van der Waals surface area contributed by atoms with Crippen LogP contribution in [0.5, 0.6) is 0 Å². The van der Waals surface area contributed by atoms with Crippen LogP contribution in [0.1, 0.15) is 44.8 Å². The van der Waals surface area contributed by atoms with Gasteiger partial charge in [0.05, 0.1) is 17.7 Å². The third-order valence-corrected chi connectivity index (χ3v) is 4.84. The van der Waals surface area contributed by atoms with Crippen molar-refractivity contribution in [3.05, 3.63) is 16.1 Å². The van der Waals surface area contributed by atoms with E-state index in [0.29, 0.717) is 19.5 Å². The maximum Gasteiger partial charge on any atom is 0.317 e. The third kappa shape index (κ3) is 3.58. The number of amides is 2. The molecule has 2 rings (SSSR count). The molecule has 1 aromatic heterocycles. The molecular formula is C15H23N3O3S. The SMILES string of the molecule is CC1(C(=O)O)CCN(C(=O)NCc2nc(C(C)(C)C)cs2)C1. The molecule has 0 saturated carbocycles. The average molecular weight is 325 g/mol. The fourth-order valence-corrected chi connectivity index (χ4v) is 3.27. The van der Waals surface area contributed by atoms with Crippen LogP contribution in [0.15, 0.2) is 5.38 Å². The lowest BCUT2D eigenvalue weighted by atomic mass is 9.90. The second-order valence-corrected chi connectivity index (χ2v) is 8.02. The minimum absolute atomic E-state index is 0.00296. The number of likely N-dealkylation sites (tertiary alicyclic amines) is 1. The molecule has 0 aromatic carbocycles. The predicted octanol–water partition coefficient (Wildman–Crippen LogP) is 2.45. The second-order valence-electron chi connectivity index (χ2n) is 7.07. The van der Waals surface area contributed by atoms with E-state index in [4.69, 9.17) is 0 Å². The Morgan fingerprint density at radius 3 is 2.68 bits per heavy atom. The lowest BCUT2D eigenvalue weighted by Gasteiger charge is -2.20. The molecule has 0 bridgehead atoms. The molecule has 22 heavy (non-hydrogen) atoms. The smallest absolute Gasteiger partial charge is 0.317 e. The van der Waals surface area contributed by atoms with E-state index < -0.39 is 11.4 Å². The molecule has 1 atom stereocenters. The summed E-state index contributed by atoms with van der Waals surface area (Å²) in [5.41, 5.74) is 0.177. The number of hydrogen-bond acceptors (Lipinski definition) is 4. The van der Waals surface area contributed by atoms with E-state index in [9.17, 15) is 14.7 Å². The number of carbonyl (C=O) groups excluding carboxylic acids is 1. The number of nitrogens with zero attached hydrogens (tertiary/aromatic N) is 2. The van der Waals surface area contributed by atoms with Gasteiger partial charge >= 0.3 is 12.0 Å². The van der Waals surface area contributed by atoms with Gasteiger partial charge in [0.1, 0.15) is 5.01 Å². The Labute approximate surface area is 134 Å². The summed E-state index contributed by atoms with van der Waals surface area (Å²) in [6, 6.07) is -0.225. The molecule has 1 fully saturated rings. The summed E-state index contributed by atoms with van der Waals surface area (Å²) in [4.78, 5) is 29.4. The van der Waals surface area contributed by atoms with Crippen LogP contribution in [0.3, 0.4) is 0 Å². The van der Waals surface area contributed by atoms with Crippen molar-refractivity contribution in [2.75, 3.05) is 13.1 Å². The van der Waals surface area contributed by atoms with E-state index in [1.165, 1.54) is 11.3 Å². The molecule has 2 N–H and O–H groups in total. The van der Waals surface area contributed by atoms with Gasteiger partial charge in [-0.25, -0.2) is 9.78 Å². The molecule has 2 amide bonds. The van der Waals surface area contributed by atoms with Crippen molar-refractivity contribution in [1.82, 2.24) is 15.2 Å². The maximum absolute atomic E-state index is 12.1. The van der Waals surface area contributed by atoms with Crippen molar-refractivity contribution in [2.45, 2.75) is 46.1 Å². The van der Waals surface area contributed by atoms with E-state index in [0.717, 1.165) is 10.7 Å². The molecule has 2 heterocycles. The molecule has 7 heteroatoms. The van der Waals surface area contributed by atoms with Gasteiger partial charge in [0.25, 0.3) is 0 Å². The first kappa shape index (κ1) is 16.7. The summed E-state index contributed by atoms with van der Waals surface area (Å²) in [5.74, 6) is -0.849. The van der Waals surface area contributed by atoms with Gasteiger partial charge < -0.3 is 15.3 Å². The number of carboxylic acid groups (broad SMARTS) is 1. The second kappa shape index (κ2) is 5.87. The standard InChI is InChI=1S/C15H23N3O3S/c1-14(2,3)10-8-22-11(17-10)7-16-13(21)18-6-5-15(4,9-18)12(19)20/h8H,5-7,9H2,1-4H3,(H,16,21)(H,19,20). The molecular weight excluding hydrogens is 302 g/mol. The first-order chi connectivity index (χ1) is 10.1. The lowest BCUT2D eigenvalue weighted by Crippen LogP contribution is -2.40. The van der Waals surface area contributed by atoms with Gasteiger partial charge in [0, 0.05) is 23.9 Å². The molecule has 0 spiro atoms. The number of hydrogen-bond donors (Lipinski definition) is 2. The van der Waals surface area contributed by atoms with Crippen LogP contribution in [0.2, 0.25) is 0 Å². The predicted molar refractivity (Wildman–Crippen MR) is 85.0 cm³/mol. The maximum atomic E-state index is 12.1. The number of urea groups is 1. The number of aromatic nitrogens is 1. The Morgan fingerprint density at radius 1 is 1.50 bits per heavy atom. The van der Waals surface area contributed by atoms with Gasteiger partial charge in [-0.2, -0.15) is 0 Å². The Morgan fingerprint density at radius 2 is 2.18 bits per heavy atom. The van der Waals surface area contributed by atoms with E-state index >= 15 is 0 Å². The van der Waals surface area contributed by atoms with Crippen LogP contribution in [-0.2, 0) is 16.8 Å². The Kier molecular flexibility index (Phi) is 4.47. The highest BCUT2D eigenvalue weighted by molar-refractivity contribution is 7.09. The molecule has 1 aliphatic rings. The Balaban J connectivity index is 1.89. The molecule has 1 aromatic rings. The molecule has 1 unspecified atom stereocenters. The molecule has 1 saturated heterocycles. The van der Waals surface area contributed by atoms with Crippen LogP contribution < -0.4 is 5.32 Å². The van der Waals surface area contributed by atoms with Crippen LogP contribution in [0.25, 0.3) is 0 Å². The number of aliphatic carboxylic acids is 1. The van der Waals surface area contributed by atoms with Gasteiger partial charge in [-0.15, -0.1) is 11.3 Å². The zero-order chi connectivity index (χ0) is 16.5. The molecule has 122 valence electrons. The van der Waals surface area contributed by atoms with E-state index in [2.05, 4.69) is 31.1 Å². The molecule has 0 aliphatic carbocycles. The lowest BCUT2D eigenvalue weighted by molar-refractivity contribution is -0.147. The van der Waals surface area contributed by atoms with Gasteiger partial charge in [0.15, 0.2) is 0 Å². The number of thiazole rings is 1. The molecule has 0 radical (unpaired) electrons. The summed E-state index contributed by atoms with van der Waals surface area (Å²) in [5, 5.41) is 14.9. The molecule has 6 nitrogen and oxygen atoms in total. The van der Waals surface area contributed by atoms with E-state index in [1.54, 1.807) is 11.8 Å². The minimum Gasteiger partial charge on any atom is -0.481 e. The summed E-state index contributed by atoms with van der Waals surface area (Å²) in [6.45, 7) is 9.07.